The first kappa shape index (κ1) is 15.3. The minimum absolute atomic E-state index is 0.200. The number of para-hydroxylation sites is 2. The van der Waals surface area contributed by atoms with E-state index in [-0.39, 0.29) is 16.4 Å². The summed E-state index contributed by atoms with van der Waals surface area (Å²) in [5, 5.41) is 1.98. The first-order valence-electron chi connectivity index (χ1n) is 7.42. The maximum Gasteiger partial charge on any atom is 0.143 e. The summed E-state index contributed by atoms with van der Waals surface area (Å²) >= 11 is 0. The molecule has 0 saturated carbocycles. The van der Waals surface area contributed by atoms with Crippen molar-refractivity contribution in [3.63, 3.8) is 0 Å². The van der Waals surface area contributed by atoms with Gasteiger partial charge in [-0.1, -0.05) is 47.3 Å². The minimum Gasteiger partial charge on any atom is -0.455 e. The van der Waals surface area contributed by atoms with Crippen LogP contribution in [0.1, 0.15) is 0 Å². The van der Waals surface area contributed by atoms with Gasteiger partial charge in [0.25, 0.3) is 0 Å². The Balaban J connectivity index is 2.16. The molecule has 1 nitrogen and oxygen atoms in total. The number of hydrogen-bond donors (Lipinski definition) is 0. The Hall–Kier alpha value is -2.22. The molecule has 0 amide bonds. The fraction of sp³-hybridized carbons (Fsp3) is 0. The van der Waals surface area contributed by atoms with Crippen LogP contribution in [-0.4, -0.2) is 39.2 Å². The summed E-state index contributed by atoms with van der Waals surface area (Å²) in [6.07, 6.45) is 0. The zero-order valence-corrected chi connectivity index (χ0v) is 12.8. The molecule has 0 aliphatic rings. The molecular weight excluding hydrogens is 286 g/mol. The van der Waals surface area contributed by atoms with Gasteiger partial charge >= 0.3 is 0 Å². The van der Waals surface area contributed by atoms with Gasteiger partial charge in [0.1, 0.15) is 50.4 Å². The summed E-state index contributed by atoms with van der Waals surface area (Å²) in [7, 11) is 30.2. The number of benzene rings is 3. The lowest BCUT2D eigenvalue weighted by Gasteiger charge is -2.21. The van der Waals surface area contributed by atoms with Gasteiger partial charge in [-0.3, -0.25) is 0 Å². The molecule has 1 heterocycles. The Labute approximate surface area is 146 Å². The van der Waals surface area contributed by atoms with Crippen LogP contribution in [0, 0.1) is 0 Å². The van der Waals surface area contributed by atoms with Crippen molar-refractivity contribution in [1.29, 1.82) is 0 Å². The Morgan fingerprint density at radius 1 is 0.583 bits per heavy atom. The molecule has 0 aliphatic carbocycles. The lowest BCUT2D eigenvalue weighted by atomic mass is 9.59. The maximum atomic E-state index is 6.19. The maximum absolute atomic E-state index is 6.19. The quantitative estimate of drug-likeness (QED) is 0.420. The van der Waals surface area contributed by atoms with Crippen LogP contribution in [0.15, 0.2) is 46.9 Å². The van der Waals surface area contributed by atoms with E-state index < -0.39 is 0 Å². The molecule has 0 N–H and O–H groups in total. The summed E-state index contributed by atoms with van der Waals surface area (Å²) in [6, 6.07) is 13.6. The average Bonchev–Trinajstić information content (AvgIpc) is 2.98. The standard InChI is InChI=1S/C18H7B5O/c19-13-12(14(20)16(22)17(23)15(13)21)10-6-3-5-9-8-4-1-2-7-11(8)24-18(9)10/h1-7H. The lowest BCUT2D eigenvalue weighted by molar-refractivity contribution is 0.670. The molecule has 0 atom stereocenters. The average molecular weight is 293 g/mol. The highest BCUT2D eigenvalue weighted by molar-refractivity contribution is 6.68. The fourth-order valence-corrected chi connectivity index (χ4v) is 3.08. The molecular formula is C18H7B5O. The van der Waals surface area contributed by atoms with Gasteiger partial charge in [0.2, 0.25) is 0 Å². The predicted molar refractivity (Wildman–Crippen MR) is 106 cm³/mol. The van der Waals surface area contributed by atoms with Gasteiger partial charge in [0.05, 0.1) is 0 Å². The second-order valence-electron chi connectivity index (χ2n) is 5.72. The SMILES string of the molecule is [B]c1c([B])c([B])c(-c2cccc3c2oc2ccccc23)c([B])c1[B]. The van der Waals surface area contributed by atoms with E-state index in [1.807, 2.05) is 42.5 Å². The van der Waals surface area contributed by atoms with E-state index in [0.717, 1.165) is 21.9 Å². The molecule has 0 bridgehead atoms. The van der Waals surface area contributed by atoms with Crippen molar-refractivity contribution in [3.05, 3.63) is 42.5 Å². The normalized spacial score (nSPS) is 11.3. The van der Waals surface area contributed by atoms with E-state index >= 15 is 0 Å². The van der Waals surface area contributed by atoms with Crippen LogP contribution in [0.3, 0.4) is 0 Å². The molecule has 0 saturated heterocycles. The first-order chi connectivity index (χ1) is 11.5. The van der Waals surface area contributed by atoms with Crippen LogP contribution in [0.25, 0.3) is 33.1 Å². The van der Waals surface area contributed by atoms with Gasteiger partial charge in [-0.15, -0.1) is 16.4 Å². The Morgan fingerprint density at radius 2 is 1.17 bits per heavy atom. The fourth-order valence-electron chi connectivity index (χ4n) is 3.08. The van der Waals surface area contributed by atoms with Gasteiger partial charge in [0, 0.05) is 16.3 Å². The van der Waals surface area contributed by atoms with Crippen molar-refractivity contribution in [2.45, 2.75) is 0 Å². The zero-order chi connectivity index (χ0) is 17.0. The third-order valence-electron chi connectivity index (χ3n) is 4.37. The largest absolute Gasteiger partial charge is 0.455 e. The third-order valence-corrected chi connectivity index (χ3v) is 4.37. The van der Waals surface area contributed by atoms with Crippen LogP contribution in [0.5, 0.6) is 0 Å². The number of furan rings is 1. The van der Waals surface area contributed by atoms with Crippen molar-refractivity contribution < 1.29 is 4.42 Å². The summed E-state index contributed by atoms with van der Waals surface area (Å²) in [5.74, 6) is 0. The molecule has 10 radical (unpaired) electrons. The van der Waals surface area contributed by atoms with Crippen molar-refractivity contribution in [3.8, 4) is 11.1 Å². The molecule has 0 aliphatic heterocycles. The Kier molecular flexibility index (Phi) is 3.45. The number of fused-ring (bicyclic) bond motifs is 3. The van der Waals surface area contributed by atoms with Crippen molar-refractivity contribution >= 4 is 88.5 Å². The predicted octanol–water partition coefficient (Wildman–Crippen LogP) is -0.778. The van der Waals surface area contributed by atoms with Crippen LogP contribution >= 0.6 is 0 Å². The van der Waals surface area contributed by atoms with Crippen molar-refractivity contribution in [1.82, 2.24) is 0 Å². The molecule has 3 aromatic carbocycles. The van der Waals surface area contributed by atoms with E-state index in [1.165, 1.54) is 0 Å². The van der Waals surface area contributed by atoms with Crippen LogP contribution in [-0.2, 0) is 0 Å². The second-order valence-corrected chi connectivity index (χ2v) is 5.72. The molecule has 4 rings (SSSR count). The minimum atomic E-state index is 0.200. The molecule has 4 aromatic rings. The molecule has 100 valence electrons. The van der Waals surface area contributed by atoms with E-state index in [1.54, 1.807) is 0 Å². The monoisotopic (exact) mass is 294 g/mol. The molecule has 6 heteroatoms. The smallest absolute Gasteiger partial charge is 0.143 e. The van der Waals surface area contributed by atoms with Crippen LogP contribution < -0.4 is 27.3 Å². The van der Waals surface area contributed by atoms with Crippen molar-refractivity contribution in [2.24, 2.45) is 0 Å². The highest BCUT2D eigenvalue weighted by atomic mass is 16.3. The number of rotatable bonds is 1. The summed E-state index contributed by atoms with van der Waals surface area (Å²) in [4.78, 5) is 0. The van der Waals surface area contributed by atoms with E-state index in [0.29, 0.717) is 22.1 Å². The summed E-state index contributed by atoms with van der Waals surface area (Å²) in [5.41, 5.74) is 3.99. The second kappa shape index (κ2) is 5.41. The Bertz CT molecular complexity index is 1080. The molecule has 1 aromatic heterocycles. The van der Waals surface area contributed by atoms with E-state index in [4.69, 9.17) is 43.6 Å². The molecule has 0 fully saturated rings. The van der Waals surface area contributed by atoms with Crippen LogP contribution in [0.4, 0.5) is 0 Å². The topological polar surface area (TPSA) is 13.1 Å². The first-order valence-corrected chi connectivity index (χ1v) is 7.42. The van der Waals surface area contributed by atoms with Gasteiger partial charge < -0.3 is 4.42 Å². The Morgan fingerprint density at radius 3 is 1.88 bits per heavy atom. The zero-order valence-electron chi connectivity index (χ0n) is 12.8. The van der Waals surface area contributed by atoms with Gasteiger partial charge in [0.15, 0.2) is 0 Å². The molecule has 0 spiro atoms. The van der Waals surface area contributed by atoms with Crippen molar-refractivity contribution in [2.75, 3.05) is 0 Å². The van der Waals surface area contributed by atoms with Gasteiger partial charge in [-0.25, -0.2) is 0 Å². The van der Waals surface area contributed by atoms with Gasteiger partial charge in [-0.2, -0.15) is 0 Å². The summed E-state index contributed by atoms with van der Waals surface area (Å²) in [6.45, 7) is 0. The highest BCUT2D eigenvalue weighted by Gasteiger charge is 2.17. The molecule has 24 heavy (non-hydrogen) atoms. The van der Waals surface area contributed by atoms with E-state index in [2.05, 4.69) is 0 Å². The summed E-state index contributed by atoms with van der Waals surface area (Å²) < 4.78 is 6.03. The van der Waals surface area contributed by atoms with Gasteiger partial charge in [-0.05, 0) is 11.6 Å². The third kappa shape index (κ3) is 2.02. The molecule has 0 unspecified atom stereocenters. The number of hydrogen-bond acceptors (Lipinski definition) is 1. The van der Waals surface area contributed by atoms with E-state index in [9.17, 15) is 0 Å². The highest BCUT2D eigenvalue weighted by Crippen LogP contribution is 2.34. The van der Waals surface area contributed by atoms with Crippen LogP contribution in [0.2, 0.25) is 0 Å². The lowest BCUT2D eigenvalue weighted by Crippen LogP contribution is -2.55.